The van der Waals surface area contributed by atoms with E-state index in [1.54, 1.807) is 18.3 Å². The number of H-pyrrole nitrogens is 1. The van der Waals surface area contributed by atoms with Gasteiger partial charge in [0.05, 0.1) is 11.1 Å². The van der Waals surface area contributed by atoms with E-state index in [9.17, 15) is 9.18 Å². The van der Waals surface area contributed by atoms with Gasteiger partial charge in [0.15, 0.2) is 0 Å². The molecule has 25 heavy (non-hydrogen) atoms. The van der Waals surface area contributed by atoms with E-state index in [0.717, 1.165) is 16.5 Å². The third-order valence-corrected chi connectivity index (χ3v) is 4.48. The number of carbonyl (C=O) groups is 1. The molecule has 2 aromatic heterocycles. The van der Waals surface area contributed by atoms with Crippen LogP contribution in [0.4, 0.5) is 4.39 Å². The number of amides is 1. The van der Waals surface area contributed by atoms with Crippen molar-refractivity contribution in [3.8, 4) is 0 Å². The second-order valence-corrected chi connectivity index (χ2v) is 6.22. The van der Waals surface area contributed by atoms with Gasteiger partial charge in [-0.25, -0.2) is 9.37 Å². The molecule has 0 aliphatic rings. The predicted molar refractivity (Wildman–Crippen MR) is 96.3 cm³/mol. The Hall–Kier alpha value is -2.92. The molecule has 3 N–H and O–H groups in total. The minimum absolute atomic E-state index is 0.139. The molecule has 0 unspecified atom stereocenters. The van der Waals surface area contributed by atoms with Crippen LogP contribution in [0.2, 0.25) is 5.15 Å². The van der Waals surface area contributed by atoms with Gasteiger partial charge >= 0.3 is 0 Å². The third kappa shape index (κ3) is 2.62. The summed E-state index contributed by atoms with van der Waals surface area (Å²) in [5.74, 6) is -1.15. The van der Waals surface area contributed by atoms with Gasteiger partial charge in [-0.15, -0.1) is 0 Å². The molecular formula is C19H13ClFN3O. The quantitative estimate of drug-likeness (QED) is 0.542. The number of halogens is 2. The van der Waals surface area contributed by atoms with Crippen LogP contribution in [0.15, 0.2) is 48.7 Å². The summed E-state index contributed by atoms with van der Waals surface area (Å²) in [5.41, 5.74) is 8.26. The molecule has 0 spiro atoms. The number of para-hydroxylation sites is 1. The lowest BCUT2D eigenvalue weighted by Crippen LogP contribution is -2.13. The highest BCUT2D eigenvalue weighted by atomic mass is 35.5. The predicted octanol–water partition coefficient (Wildman–Crippen LogP) is 4.20. The topological polar surface area (TPSA) is 71.8 Å². The highest BCUT2D eigenvalue weighted by Gasteiger charge is 2.19. The third-order valence-electron chi connectivity index (χ3n) is 4.27. The number of hydrogen-bond acceptors (Lipinski definition) is 2. The van der Waals surface area contributed by atoms with Crippen molar-refractivity contribution in [3.05, 3.63) is 76.3 Å². The summed E-state index contributed by atoms with van der Waals surface area (Å²) in [6.45, 7) is 0. The molecule has 0 saturated heterocycles. The number of primary amides is 1. The molecule has 1 amide bonds. The van der Waals surface area contributed by atoms with E-state index in [4.69, 9.17) is 17.3 Å². The second kappa shape index (κ2) is 5.86. The second-order valence-electron chi connectivity index (χ2n) is 5.83. The van der Waals surface area contributed by atoms with Gasteiger partial charge in [0.25, 0.3) is 5.91 Å². The van der Waals surface area contributed by atoms with Crippen LogP contribution in [0.1, 0.15) is 21.5 Å². The summed E-state index contributed by atoms with van der Waals surface area (Å²) in [4.78, 5) is 18.9. The maximum Gasteiger partial charge on any atom is 0.250 e. The first-order valence-corrected chi connectivity index (χ1v) is 8.04. The van der Waals surface area contributed by atoms with Crippen LogP contribution in [0.5, 0.6) is 0 Å². The first kappa shape index (κ1) is 15.6. The number of nitrogens with zero attached hydrogens (tertiary/aromatic N) is 1. The number of aromatic nitrogens is 2. The van der Waals surface area contributed by atoms with Crippen molar-refractivity contribution in [2.24, 2.45) is 5.73 Å². The summed E-state index contributed by atoms with van der Waals surface area (Å²) in [6.07, 6.45) is 1.91. The van der Waals surface area contributed by atoms with Crippen molar-refractivity contribution in [1.29, 1.82) is 0 Å². The molecule has 0 bridgehead atoms. The average Bonchev–Trinajstić information content (AvgIpc) is 2.96. The number of nitrogens with two attached hydrogens (primary N) is 1. The van der Waals surface area contributed by atoms with Crippen LogP contribution in [0.25, 0.3) is 21.8 Å². The Labute approximate surface area is 147 Å². The Balaban J connectivity index is 2.05. The van der Waals surface area contributed by atoms with Crippen molar-refractivity contribution < 1.29 is 9.18 Å². The maximum absolute atomic E-state index is 14.9. The molecule has 0 aliphatic carbocycles. The van der Waals surface area contributed by atoms with Crippen molar-refractivity contribution in [3.63, 3.8) is 0 Å². The van der Waals surface area contributed by atoms with E-state index in [1.165, 1.54) is 6.07 Å². The molecule has 0 radical (unpaired) electrons. The zero-order valence-corrected chi connectivity index (χ0v) is 13.8. The van der Waals surface area contributed by atoms with E-state index in [0.29, 0.717) is 28.0 Å². The molecule has 0 atom stereocenters. The molecule has 0 fully saturated rings. The van der Waals surface area contributed by atoms with Crippen LogP contribution in [-0.4, -0.2) is 15.9 Å². The molecule has 2 aromatic carbocycles. The zero-order chi connectivity index (χ0) is 17.6. The average molecular weight is 354 g/mol. The number of hydrogen-bond donors (Lipinski definition) is 2. The van der Waals surface area contributed by atoms with Gasteiger partial charge < -0.3 is 10.7 Å². The van der Waals surface area contributed by atoms with Crippen LogP contribution in [0, 0.1) is 5.82 Å². The Morgan fingerprint density at radius 3 is 2.80 bits per heavy atom. The summed E-state index contributed by atoms with van der Waals surface area (Å²) in [6, 6.07) is 12.2. The van der Waals surface area contributed by atoms with Gasteiger partial charge in [-0.1, -0.05) is 29.8 Å². The molecule has 0 saturated carbocycles. The fourth-order valence-corrected chi connectivity index (χ4v) is 3.38. The number of carbonyl (C=O) groups excluding carboxylic acids is 1. The van der Waals surface area contributed by atoms with Gasteiger partial charge in [-0.2, -0.15) is 0 Å². The summed E-state index contributed by atoms with van der Waals surface area (Å²) in [5, 5.41) is 1.86. The fourth-order valence-electron chi connectivity index (χ4n) is 3.19. The number of aromatic amines is 1. The molecule has 4 aromatic rings. The lowest BCUT2D eigenvalue weighted by molar-refractivity contribution is 0.100. The molecule has 6 heteroatoms. The first-order chi connectivity index (χ1) is 12.0. The highest BCUT2D eigenvalue weighted by molar-refractivity contribution is 6.29. The summed E-state index contributed by atoms with van der Waals surface area (Å²) in [7, 11) is 0. The van der Waals surface area contributed by atoms with E-state index >= 15 is 0 Å². The molecule has 0 aliphatic heterocycles. The van der Waals surface area contributed by atoms with Crippen LogP contribution in [0.3, 0.4) is 0 Å². The van der Waals surface area contributed by atoms with Crippen LogP contribution < -0.4 is 5.73 Å². The lowest BCUT2D eigenvalue weighted by atomic mass is 9.97. The standard InChI is InChI=1S/C19H13ClFN3O/c20-16-8-10(5-6-23-16)7-12-14(21)9-13(19(22)25)18-17(12)11-3-1-2-4-15(11)24-18/h1-6,8-9,24H,7H2,(H2,22,25). The van der Waals surface area contributed by atoms with Crippen molar-refractivity contribution >= 4 is 39.3 Å². The Bertz CT molecular complexity index is 1140. The molecule has 4 nitrogen and oxygen atoms in total. The van der Waals surface area contributed by atoms with E-state index in [-0.39, 0.29) is 5.56 Å². The number of fused-ring (bicyclic) bond motifs is 3. The minimum atomic E-state index is -0.672. The number of benzene rings is 2. The van der Waals surface area contributed by atoms with Gasteiger partial charge in [0.2, 0.25) is 0 Å². The normalized spacial score (nSPS) is 11.3. The van der Waals surface area contributed by atoms with Gasteiger partial charge in [-0.05, 0) is 29.8 Å². The van der Waals surface area contributed by atoms with Crippen molar-refractivity contribution in [2.45, 2.75) is 6.42 Å². The molecule has 4 rings (SSSR count). The Morgan fingerprint density at radius 1 is 1.24 bits per heavy atom. The Morgan fingerprint density at radius 2 is 2.04 bits per heavy atom. The molecular weight excluding hydrogens is 341 g/mol. The zero-order valence-electron chi connectivity index (χ0n) is 13.0. The largest absolute Gasteiger partial charge is 0.366 e. The molecule has 2 heterocycles. The van der Waals surface area contributed by atoms with Crippen LogP contribution >= 0.6 is 11.6 Å². The maximum atomic E-state index is 14.9. The molecule has 124 valence electrons. The smallest absolute Gasteiger partial charge is 0.250 e. The van der Waals surface area contributed by atoms with Gasteiger partial charge in [0.1, 0.15) is 11.0 Å². The number of rotatable bonds is 3. The van der Waals surface area contributed by atoms with E-state index in [1.807, 2.05) is 24.3 Å². The summed E-state index contributed by atoms with van der Waals surface area (Å²) < 4.78 is 14.9. The number of nitrogens with one attached hydrogen (secondary N) is 1. The monoisotopic (exact) mass is 353 g/mol. The van der Waals surface area contributed by atoms with Gasteiger partial charge in [-0.3, -0.25) is 4.79 Å². The first-order valence-electron chi connectivity index (χ1n) is 7.66. The van der Waals surface area contributed by atoms with E-state index in [2.05, 4.69) is 9.97 Å². The summed E-state index contributed by atoms with van der Waals surface area (Å²) >= 11 is 5.94. The minimum Gasteiger partial charge on any atom is -0.366 e. The van der Waals surface area contributed by atoms with Crippen LogP contribution in [-0.2, 0) is 6.42 Å². The van der Waals surface area contributed by atoms with Crippen molar-refractivity contribution in [1.82, 2.24) is 9.97 Å². The Kier molecular flexibility index (Phi) is 3.66. The van der Waals surface area contributed by atoms with Crippen molar-refractivity contribution in [2.75, 3.05) is 0 Å². The highest BCUT2D eigenvalue weighted by Crippen LogP contribution is 2.33. The fraction of sp³-hybridized carbons (Fsp3) is 0.0526. The number of pyridine rings is 1. The van der Waals surface area contributed by atoms with Gasteiger partial charge in [0, 0.05) is 34.5 Å². The SMILES string of the molecule is NC(=O)c1cc(F)c(Cc2ccnc(Cl)c2)c2c1[nH]c1ccccc12. The van der Waals surface area contributed by atoms with E-state index < -0.39 is 11.7 Å². The lowest BCUT2D eigenvalue weighted by Gasteiger charge is -2.09.